The standard InChI is InChI=1S/C61H102O6/c1-4-7-10-13-16-19-21-23-25-27-29-30-32-33-35-37-39-42-45-48-51-54-60(63)66-57-58(56-65-59(62)53-50-47-44-41-18-15-12-9-6-3)67-61(64)55-52-49-46-43-40-38-36-34-31-28-26-24-22-20-17-14-11-8-5-2/h7,10,16-17,19-20,23-26,29-31,33-35,58H,4-6,8-9,11-15,18,21-22,27-28,32,36-57H2,1-3H3/b10-7-,19-16-,20-17-,25-23-,26-24-,30-29-,34-31-,35-33-. The van der Waals surface area contributed by atoms with Crippen LogP contribution in [-0.2, 0) is 28.6 Å². The van der Waals surface area contributed by atoms with Crippen molar-refractivity contribution in [3.05, 3.63) is 97.2 Å². The maximum Gasteiger partial charge on any atom is 0.306 e. The zero-order valence-electron chi connectivity index (χ0n) is 43.6. The van der Waals surface area contributed by atoms with Crippen LogP contribution < -0.4 is 0 Å². The van der Waals surface area contributed by atoms with Gasteiger partial charge in [-0.3, -0.25) is 14.4 Å². The van der Waals surface area contributed by atoms with E-state index < -0.39 is 6.10 Å². The minimum absolute atomic E-state index is 0.0888. The molecule has 0 N–H and O–H groups in total. The molecular formula is C61H102O6. The molecule has 0 spiro atoms. The van der Waals surface area contributed by atoms with Gasteiger partial charge in [0.2, 0.25) is 0 Å². The molecule has 6 heteroatoms. The molecular weight excluding hydrogens is 829 g/mol. The van der Waals surface area contributed by atoms with Crippen molar-refractivity contribution in [2.75, 3.05) is 13.2 Å². The van der Waals surface area contributed by atoms with E-state index in [1.165, 1.54) is 77.0 Å². The summed E-state index contributed by atoms with van der Waals surface area (Å²) in [6.07, 6.45) is 72.5. The summed E-state index contributed by atoms with van der Waals surface area (Å²) in [5, 5.41) is 0. The Bertz CT molecular complexity index is 1350. The maximum absolute atomic E-state index is 12.8. The Morgan fingerprint density at radius 2 is 0.582 bits per heavy atom. The topological polar surface area (TPSA) is 78.9 Å². The summed E-state index contributed by atoms with van der Waals surface area (Å²) in [5.41, 5.74) is 0. The molecule has 0 rings (SSSR count). The molecule has 0 amide bonds. The molecule has 1 atom stereocenters. The summed E-state index contributed by atoms with van der Waals surface area (Å²) in [6.45, 7) is 6.45. The van der Waals surface area contributed by atoms with Crippen LogP contribution >= 0.6 is 0 Å². The quantitative estimate of drug-likeness (QED) is 0.0262. The average molecular weight is 931 g/mol. The Hall–Kier alpha value is -3.67. The number of hydrogen-bond acceptors (Lipinski definition) is 6. The van der Waals surface area contributed by atoms with Gasteiger partial charge in [0, 0.05) is 19.3 Å². The molecule has 0 aliphatic heterocycles. The van der Waals surface area contributed by atoms with Crippen LogP contribution in [0.25, 0.3) is 0 Å². The van der Waals surface area contributed by atoms with Crippen molar-refractivity contribution in [1.29, 1.82) is 0 Å². The van der Waals surface area contributed by atoms with Crippen molar-refractivity contribution < 1.29 is 28.6 Å². The van der Waals surface area contributed by atoms with Gasteiger partial charge < -0.3 is 14.2 Å². The number of unbranched alkanes of at least 4 members (excludes halogenated alkanes) is 22. The monoisotopic (exact) mass is 931 g/mol. The Morgan fingerprint density at radius 3 is 0.940 bits per heavy atom. The van der Waals surface area contributed by atoms with E-state index in [2.05, 4.69) is 118 Å². The number of ether oxygens (including phenoxy) is 3. The third-order valence-electron chi connectivity index (χ3n) is 11.6. The zero-order valence-corrected chi connectivity index (χ0v) is 43.6. The summed E-state index contributed by atoms with van der Waals surface area (Å²) in [6, 6.07) is 0. The molecule has 0 aromatic carbocycles. The summed E-state index contributed by atoms with van der Waals surface area (Å²) in [4.78, 5) is 38.0. The molecule has 1 unspecified atom stereocenters. The Kier molecular flexibility index (Phi) is 51.9. The highest BCUT2D eigenvalue weighted by molar-refractivity contribution is 5.71. The van der Waals surface area contributed by atoms with E-state index in [4.69, 9.17) is 14.2 Å². The van der Waals surface area contributed by atoms with Crippen molar-refractivity contribution in [2.24, 2.45) is 0 Å². The van der Waals surface area contributed by atoms with Crippen LogP contribution in [-0.4, -0.2) is 37.2 Å². The van der Waals surface area contributed by atoms with Crippen LogP contribution in [0.1, 0.15) is 252 Å². The lowest BCUT2D eigenvalue weighted by atomic mass is 10.1. The third kappa shape index (κ3) is 53.2. The minimum Gasteiger partial charge on any atom is -0.462 e. The van der Waals surface area contributed by atoms with Crippen LogP contribution in [0.4, 0.5) is 0 Å². The lowest BCUT2D eigenvalue weighted by molar-refractivity contribution is -0.167. The molecule has 0 heterocycles. The van der Waals surface area contributed by atoms with Gasteiger partial charge in [-0.15, -0.1) is 0 Å². The summed E-state index contributed by atoms with van der Waals surface area (Å²) in [5.74, 6) is -0.923. The first-order valence-corrected chi connectivity index (χ1v) is 27.7. The summed E-state index contributed by atoms with van der Waals surface area (Å²) in [7, 11) is 0. The zero-order chi connectivity index (χ0) is 48.6. The number of carbonyl (C=O) groups is 3. The normalized spacial score (nSPS) is 12.8. The SMILES string of the molecule is CC/C=C\C/C=C\C/C=C\C/C=C\C/C=C\CCCCCCCC(=O)OCC(COC(=O)CCCCCCCCCCC)OC(=O)CCCCCCCC/C=C\C/C=C\C/C=C\CCCCC. The Morgan fingerprint density at radius 1 is 0.313 bits per heavy atom. The summed E-state index contributed by atoms with van der Waals surface area (Å²) < 4.78 is 16.8. The van der Waals surface area contributed by atoms with E-state index in [1.54, 1.807) is 0 Å². The first kappa shape index (κ1) is 63.3. The number of hydrogen-bond donors (Lipinski definition) is 0. The molecule has 0 bridgehead atoms. The van der Waals surface area contributed by atoms with Gasteiger partial charge in [0.25, 0.3) is 0 Å². The second kappa shape index (κ2) is 54.9. The van der Waals surface area contributed by atoms with Crippen molar-refractivity contribution in [3.8, 4) is 0 Å². The molecule has 6 nitrogen and oxygen atoms in total. The van der Waals surface area contributed by atoms with Crippen LogP contribution in [0.5, 0.6) is 0 Å². The number of rotatable bonds is 49. The highest BCUT2D eigenvalue weighted by Crippen LogP contribution is 2.14. The van der Waals surface area contributed by atoms with E-state index >= 15 is 0 Å². The van der Waals surface area contributed by atoms with E-state index in [1.807, 2.05) is 0 Å². The molecule has 0 aliphatic carbocycles. The van der Waals surface area contributed by atoms with Gasteiger partial charge in [0.1, 0.15) is 13.2 Å². The molecule has 0 aromatic rings. The Labute approximate surface area is 413 Å². The van der Waals surface area contributed by atoms with Gasteiger partial charge in [-0.05, 0) is 103 Å². The molecule has 0 saturated carbocycles. The minimum atomic E-state index is -0.791. The fourth-order valence-corrected chi connectivity index (χ4v) is 7.42. The van der Waals surface area contributed by atoms with E-state index in [0.717, 1.165) is 135 Å². The van der Waals surface area contributed by atoms with Crippen LogP contribution in [0, 0.1) is 0 Å². The van der Waals surface area contributed by atoms with Crippen LogP contribution in [0.15, 0.2) is 97.2 Å². The number of carbonyl (C=O) groups excluding carboxylic acids is 3. The third-order valence-corrected chi connectivity index (χ3v) is 11.6. The Balaban J connectivity index is 4.37. The lowest BCUT2D eigenvalue weighted by Crippen LogP contribution is -2.30. The number of esters is 3. The van der Waals surface area contributed by atoms with Gasteiger partial charge >= 0.3 is 17.9 Å². The van der Waals surface area contributed by atoms with Crippen molar-refractivity contribution >= 4 is 17.9 Å². The van der Waals surface area contributed by atoms with Gasteiger partial charge in [0.15, 0.2) is 6.10 Å². The van der Waals surface area contributed by atoms with Crippen LogP contribution in [0.2, 0.25) is 0 Å². The van der Waals surface area contributed by atoms with Crippen molar-refractivity contribution in [3.63, 3.8) is 0 Å². The predicted molar refractivity (Wildman–Crippen MR) is 288 cm³/mol. The maximum atomic E-state index is 12.8. The second-order valence-electron chi connectivity index (χ2n) is 18.1. The van der Waals surface area contributed by atoms with Crippen molar-refractivity contribution in [2.45, 2.75) is 258 Å². The molecule has 0 fully saturated rings. The second-order valence-corrected chi connectivity index (χ2v) is 18.1. The molecule has 67 heavy (non-hydrogen) atoms. The molecule has 382 valence electrons. The highest BCUT2D eigenvalue weighted by Gasteiger charge is 2.19. The molecule has 0 aliphatic rings. The van der Waals surface area contributed by atoms with Crippen molar-refractivity contribution in [1.82, 2.24) is 0 Å². The van der Waals surface area contributed by atoms with E-state index in [9.17, 15) is 14.4 Å². The largest absolute Gasteiger partial charge is 0.462 e. The summed E-state index contributed by atoms with van der Waals surface area (Å²) >= 11 is 0. The fraction of sp³-hybridized carbons (Fsp3) is 0.689. The molecule has 0 radical (unpaired) electrons. The van der Waals surface area contributed by atoms with E-state index in [0.29, 0.717) is 19.3 Å². The molecule has 0 aromatic heterocycles. The highest BCUT2D eigenvalue weighted by atomic mass is 16.6. The first-order chi connectivity index (χ1) is 33.0. The van der Waals surface area contributed by atoms with Gasteiger partial charge in [-0.1, -0.05) is 227 Å². The fourth-order valence-electron chi connectivity index (χ4n) is 7.42. The van der Waals surface area contributed by atoms with Gasteiger partial charge in [-0.25, -0.2) is 0 Å². The average Bonchev–Trinajstić information content (AvgIpc) is 3.33. The first-order valence-electron chi connectivity index (χ1n) is 27.7. The lowest BCUT2D eigenvalue weighted by Gasteiger charge is -2.18. The predicted octanol–water partition coefficient (Wildman–Crippen LogP) is 18.5. The molecule has 0 saturated heterocycles. The van der Waals surface area contributed by atoms with Crippen LogP contribution in [0.3, 0.4) is 0 Å². The van der Waals surface area contributed by atoms with E-state index in [-0.39, 0.29) is 31.1 Å². The van der Waals surface area contributed by atoms with Gasteiger partial charge in [0.05, 0.1) is 0 Å². The van der Waals surface area contributed by atoms with Gasteiger partial charge in [-0.2, -0.15) is 0 Å². The smallest absolute Gasteiger partial charge is 0.306 e. The number of allylic oxidation sites excluding steroid dienone is 16.